The van der Waals surface area contributed by atoms with Gasteiger partial charge >= 0.3 is 0 Å². The molecule has 0 aliphatic heterocycles. The molecule has 0 aliphatic rings. The van der Waals surface area contributed by atoms with E-state index in [-0.39, 0.29) is 17.4 Å². The van der Waals surface area contributed by atoms with Crippen LogP contribution in [0.5, 0.6) is 0 Å². The Hall–Kier alpha value is -0.870. The first kappa shape index (κ1) is 18.2. The molecule has 1 rings (SSSR count). The quantitative estimate of drug-likeness (QED) is 0.668. The second-order valence-corrected chi connectivity index (χ2v) is 8.29. The van der Waals surface area contributed by atoms with Crippen molar-refractivity contribution in [2.45, 2.75) is 52.4 Å². The van der Waals surface area contributed by atoms with Gasteiger partial charge in [-0.3, -0.25) is 4.18 Å². The van der Waals surface area contributed by atoms with Crippen molar-refractivity contribution in [2.75, 3.05) is 6.61 Å². The van der Waals surface area contributed by atoms with Gasteiger partial charge in [-0.2, -0.15) is 8.42 Å². The first-order valence-corrected chi connectivity index (χ1v) is 9.07. The molecule has 0 heterocycles. The Balaban J connectivity index is 2.71. The second-order valence-electron chi connectivity index (χ2n) is 6.68. The van der Waals surface area contributed by atoms with Gasteiger partial charge in [0.25, 0.3) is 10.1 Å². The van der Waals surface area contributed by atoms with Gasteiger partial charge in [-0.05, 0) is 49.7 Å². The Bertz CT molecular complexity index is 505. The van der Waals surface area contributed by atoms with Crippen LogP contribution in [0.3, 0.4) is 0 Å². The third-order valence-electron chi connectivity index (χ3n) is 3.38. The lowest BCUT2D eigenvalue weighted by Gasteiger charge is -2.20. The van der Waals surface area contributed by atoms with E-state index in [9.17, 15) is 8.42 Å². The van der Waals surface area contributed by atoms with E-state index < -0.39 is 10.1 Å². The molecule has 0 atom stereocenters. The van der Waals surface area contributed by atoms with E-state index in [0.29, 0.717) is 11.8 Å². The lowest BCUT2D eigenvalue weighted by atomic mass is 9.90. The summed E-state index contributed by atoms with van der Waals surface area (Å²) in [6, 6.07) is 6.78. The molecule has 0 saturated heterocycles. The van der Waals surface area contributed by atoms with Crippen molar-refractivity contribution in [3.05, 3.63) is 29.8 Å². The molecule has 1 aromatic rings. The number of aryl methyl sites for hydroxylation is 1. The molecule has 0 fully saturated rings. The zero-order valence-corrected chi connectivity index (χ0v) is 14.6. The van der Waals surface area contributed by atoms with Gasteiger partial charge in [0.05, 0.1) is 11.5 Å². The molecule has 0 bridgehead atoms. The average molecular weight is 312 g/mol. The van der Waals surface area contributed by atoms with Crippen LogP contribution >= 0.6 is 0 Å². The van der Waals surface area contributed by atoms with Gasteiger partial charge in [0.2, 0.25) is 0 Å². The van der Waals surface area contributed by atoms with E-state index >= 15 is 0 Å². The molecule has 0 aliphatic carbocycles. The highest BCUT2D eigenvalue weighted by Gasteiger charge is 2.20. The lowest BCUT2D eigenvalue weighted by Crippen LogP contribution is -2.18. The highest BCUT2D eigenvalue weighted by molar-refractivity contribution is 7.86. The van der Waals surface area contributed by atoms with Crippen LogP contribution in [-0.2, 0) is 14.3 Å². The maximum absolute atomic E-state index is 12.2. The fraction of sp³-hybridized carbons (Fsp3) is 0.647. The van der Waals surface area contributed by atoms with E-state index in [1.54, 1.807) is 24.3 Å². The van der Waals surface area contributed by atoms with Crippen molar-refractivity contribution in [2.24, 2.45) is 17.8 Å². The Labute approximate surface area is 129 Å². The van der Waals surface area contributed by atoms with Crippen LogP contribution in [0.1, 0.15) is 46.1 Å². The average Bonchev–Trinajstić information content (AvgIpc) is 2.35. The molecular weight excluding hydrogens is 284 g/mol. The zero-order chi connectivity index (χ0) is 16.0. The molecule has 21 heavy (non-hydrogen) atoms. The lowest BCUT2D eigenvalue weighted by molar-refractivity contribution is 0.208. The topological polar surface area (TPSA) is 43.4 Å². The van der Waals surface area contributed by atoms with Crippen LogP contribution in [0.15, 0.2) is 29.2 Å². The minimum Gasteiger partial charge on any atom is -0.266 e. The van der Waals surface area contributed by atoms with Crippen LogP contribution in [-0.4, -0.2) is 15.0 Å². The number of benzene rings is 1. The van der Waals surface area contributed by atoms with Crippen LogP contribution in [0, 0.1) is 24.7 Å². The minimum absolute atomic E-state index is 0.237. The Morgan fingerprint density at radius 2 is 1.43 bits per heavy atom. The first-order chi connectivity index (χ1) is 9.70. The molecule has 0 aromatic heterocycles. The summed E-state index contributed by atoms with van der Waals surface area (Å²) in [5.74, 6) is 1.36. The van der Waals surface area contributed by atoms with Gasteiger partial charge in [0.15, 0.2) is 0 Å². The van der Waals surface area contributed by atoms with Crippen LogP contribution in [0.25, 0.3) is 0 Å². The van der Waals surface area contributed by atoms with Gasteiger partial charge in [-0.25, -0.2) is 0 Å². The number of rotatable bonds is 8. The van der Waals surface area contributed by atoms with Gasteiger partial charge in [-0.15, -0.1) is 0 Å². The number of hydrogen-bond donors (Lipinski definition) is 0. The van der Waals surface area contributed by atoms with Gasteiger partial charge < -0.3 is 0 Å². The van der Waals surface area contributed by atoms with E-state index in [0.717, 1.165) is 18.4 Å². The van der Waals surface area contributed by atoms with Crippen LogP contribution < -0.4 is 0 Å². The normalized spacial score (nSPS) is 12.6. The molecular formula is C17H28O3S. The fourth-order valence-electron chi connectivity index (χ4n) is 2.52. The van der Waals surface area contributed by atoms with Crippen molar-refractivity contribution in [3.63, 3.8) is 0 Å². The Morgan fingerprint density at radius 1 is 0.952 bits per heavy atom. The largest absolute Gasteiger partial charge is 0.296 e. The van der Waals surface area contributed by atoms with Gasteiger partial charge in [-0.1, -0.05) is 45.4 Å². The summed E-state index contributed by atoms with van der Waals surface area (Å²) in [6.45, 7) is 10.8. The highest BCUT2D eigenvalue weighted by atomic mass is 32.2. The highest BCUT2D eigenvalue weighted by Crippen LogP contribution is 2.22. The summed E-state index contributed by atoms with van der Waals surface area (Å²) in [5.41, 5.74) is 1.03. The van der Waals surface area contributed by atoms with Crippen molar-refractivity contribution < 1.29 is 12.6 Å². The zero-order valence-electron chi connectivity index (χ0n) is 13.8. The minimum atomic E-state index is -3.64. The molecule has 0 saturated carbocycles. The summed E-state index contributed by atoms with van der Waals surface area (Å²) in [4.78, 5) is 0.237. The molecule has 4 heteroatoms. The summed E-state index contributed by atoms with van der Waals surface area (Å²) in [5, 5.41) is 0. The second kappa shape index (κ2) is 7.95. The first-order valence-electron chi connectivity index (χ1n) is 7.66. The smallest absolute Gasteiger partial charge is 0.266 e. The molecule has 0 unspecified atom stereocenters. The number of hydrogen-bond acceptors (Lipinski definition) is 3. The molecule has 1 aromatic carbocycles. The monoisotopic (exact) mass is 312 g/mol. The third kappa shape index (κ3) is 6.62. The maximum Gasteiger partial charge on any atom is 0.296 e. The van der Waals surface area contributed by atoms with E-state index in [1.165, 1.54) is 0 Å². The third-order valence-corrected chi connectivity index (χ3v) is 4.67. The summed E-state index contributed by atoms with van der Waals surface area (Å²) in [6.07, 6.45) is 1.98. The standard InChI is InChI=1S/C17H28O3S/c1-13(2)10-16(11-14(3)4)12-20-21(18,19)17-8-6-15(5)7-9-17/h6-9,13-14,16H,10-12H2,1-5H3. The van der Waals surface area contributed by atoms with E-state index in [2.05, 4.69) is 27.7 Å². The molecule has 0 radical (unpaired) electrons. The molecule has 0 amide bonds. The molecule has 0 N–H and O–H groups in total. The predicted molar refractivity (Wildman–Crippen MR) is 86.7 cm³/mol. The summed E-state index contributed by atoms with van der Waals surface area (Å²) in [7, 11) is -3.64. The SMILES string of the molecule is Cc1ccc(S(=O)(=O)OCC(CC(C)C)CC(C)C)cc1. The summed E-state index contributed by atoms with van der Waals surface area (Å²) >= 11 is 0. The molecule has 120 valence electrons. The van der Waals surface area contributed by atoms with Crippen molar-refractivity contribution in [1.82, 2.24) is 0 Å². The van der Waals surface area contributed by atoms with Crippen LogP contribution in [0.2, 0.25) is 0 Å². The molecule has 0 spiro atoms. The van der Waals surface area contributed by atoms with Crippen molar-refractivity contribution in [3.8, 4) is 0 Å². The van der Waals surface area contributed by atoms with Crippen molar-refractivity contribution in [1.29, 1.82) is 0 Å². The Morgan fingerprint density at radius 3 is 1.86 bits per heavy atom. The summed E-state index contributed by atoms with van der Waals surface area (Å²) < 4.78 is 29.7. The van der Waals surface area contributed by atoms with E-state index in [4.69, 9.17) is 4.18 Å². The van der Waals surface area contributed by atoms with Gasteiger partial charge in [0.1, 0.15) is 0 Å². The Kier molecular flexibility index (Phi) is 6.88. The van der Waals surface area contributed by atoms with E-state index in [1.807, 2.05) is 6.92 Å². The predicted octanol–water partition coefficient (Wildman–Crippen LogP) is 4.41. The molecule has 3 nitrogen and oxygen atoms in total. The van der Waals surface area contributed by atoms with Gasteiger partial charge in [0, 0.05) is 0 Å². The van der Waals surface area contributed by atoms with Crippen LogP contribution in [0.4, 0.5) is 0 Å². The maximum atomic E-state index is 12.2. The fourth-order valence-corrected chi connectivity index (χ4v) is 3.50. The van der Waals surface area contributed by atoms with Crippen molar-refractivity contribution >= 4 is 10.1 Å².